The van der Waals surface area contributed by atoms with E-state index in [1.165, 1.54) is 12.7 Å². The van der Waals surface area contributed by atoms with Crippen molar-refractivity contribution in [3.05, 3.63) is 64.7 Å². The van der Waals surface area contributed by atoms with E-state index >= 15 is 0 Å². The summed E-state index contributed by atoms with van der Waals surface area (Å²) < 4.78 is 16.2. The molecular formula is C26H35NO4. The van der Waals surface area contributed by atoms with Gasteiger partial charge in [-0.2, -0.15) is 0 Å². The number of esters is 1. The Morgan fingerprint density at radius 3 is 2.48 bits per heavy atom. The third-order valence-corrected chi connectivity index (χ3v) is 6.35. The molecule has 2 aromatic carbocycles. The van der Waals surface area contributed by atoms with Gasteiger partial charge in [0.25, 0.3) is 0 Å². The highest BCUT2D eigenvalue weighted by Crippen LogP contribution is 2.44. The molecule has 2 aromatic rings. The number of carbonyl (C=O) groups is 1. The maximum atomic E-state index is 11.8. The van der Waals surface area contributed by atoms with Crippen LogP contribution in [0.15, 0.2) is 42.5 Å². The van der Waals surface area contributed by atoms with Gasteiger partial charge >= 0.3 is 5.97 Å². The first-order chi connectivity index (χ1) is 14.8. The summed E-state index contributed by atoms with van der Waals surface area (Å²) in [6.07, 6.45) is 3.03. The fourth-order valence-corrected chi connectivity index (χ4v) is 4.76. The van der Waals surface area contributed by atoms with Crippen LogP contribution in [0.3, 0.4) is 0 Å². The van der Waals surface area contributed by atoms with Crippen LogP contribution >= 0.6 is 0 Å². The van der Waals surface area contributed by atoms with E-state index in [0.29, 0.717) is 5.56 Å². The van der Waals surface area contributed by atoms with Crippen LogP contribution in [0, 0.1) is 6.92 Å². The molecule has 1 heterocycles. The summed E-state index contributed by atoms with van der Waals surface area (Å²) in [5, 5.41) is 3.60. The Hall–Kier alpha value is -2.37. The Balaban J connectivity index is 1.67. The SMILES string of the molecule is COC(=O)c1ccc(CNCCC2(c3ccc(OC)cc3)CCOC(C)(C)C2)cc1C. The van der Waals surface area contributed by atoms with E-state index in [1.54, 1.807) is 7.11 Å². The number of aryl methyl sites for hydroxylation is 1. The number of benzene rings is 2. The number of rotatable bonds is 8. The summed E-state index contributed by atoms with van der Waals surface area (Å²) >= 11 is 0. The molecule has 3 rings (SSSR count). The zero-order chi connectivity index (χ0) is 22.5. The molecule has 0 aliphatic carbocycles. The second kappa shape index (κ2) is 9.84. The van der Waals surface area contributed by atoms with Crippen molar-refractivity contribution in [2.24, 2.45) is 0 Å². The lowest BCUT2D eigenvalue weighted by Gasteiger charge is -2.45. The van der Waals surface area contributed by atoms with E-state index in [1.807, 2.05) is 19.1 Å². The van der Waals surface area contributed by atoms with E-state index in [-0.39, 0.29) is 17.0 Å². The van der Waals surface area contributed by atoms with Crippen molar-refractivity contribution in [1.82, 2.24) is 5.32 Å². The molecule has 31 heavy (non-hydrogen) atoms. The summed E-state index contributed by atoms with van der Waals surface area (Å²) in [6, 6.07) is 14.4. The molecule has 0 radical (unpaired) electrons. The number of ether oxygens (including phenoxy) is 3. The van der Waals surface area contributed by atoms with Crippen LogP contribution in [-0.4, -0.2) is 38.9 Å². The molecule has 168 valence electrons. The molecule has 1 saturated heterocycles. The lowest BCUT2D eigenvalue weighted by atomic mass is 9.67. The van der Waals surface area contributed by atoms with E-state index in [4.69, 9.17) is 14.2 Å². The van der Waals surface area contributed by atoms with Crippen molar-refractivity contribution in [3.63, 3.8) is 0 Å². The summed E-state index contributed by atoms with van der Waals surface area (Å²) in [5.74, 6) is 0.592. The van der Waals surface area contributed by atoms with Gasteiger partial charge in [-0.3, -0.25) is 0 Å². The summed E-state index contributed by atoms with van der Waals surface area (Å²) in [4.78, 5) is 11.8. The van der Waals surface area contributed by atoms with E-state index in [2.05, 4.69) is 49.5 Å². The van der Waals surface area contributed by atoms with Crippen LogP contribution in [0.1, 0.15) is 60.2 Å². The minimum absolute atomic E-state index is 0.0751. The second-order valence-corrected chi connectivity index (χ2v) is 9.11. The van der Waals surface area contributed by atoms with Crippen LogP contribution in [0.25, 0.3) is 0 Å². The number of methoxy groups -OCH3 is 2. The molecular weight excluding hydrogens is 390 g/mol. The molecule has 5 nitrogen and oxygen atoms in total. The highest BCUT2D eigenvalue weighted by atomic mass is 16.5. The van der Waals surface area contributed by atoms with Crippen LogP contribution in [0.4, 0.5) is 0 Å². The van der Waals surface area contributed by atoms with E-state index in [9.17, 15) is 4.79 Å². The summed E-state index contributed by atoms with van der Waals surface area (Å²) in [6.45, 7) is 8.75. The lowest BCUT2D eigenvalue weighted by Crippen LogP contribution is -2.45. The second-order valence-electron chi connectivity index (χ2n) is 9.11. The maximum absolute atomic E-state index is 11.8. The average molecular weight is 426 g/mol. The first kappa shape index (κ1) is 23.3. The fourth-order valence-electron chi connectivity index (χ4n) is 4.76. The maximum Gasteiger partial charge on any atom is 0.338 e. The zero-order valence-electron chi connectivity index (χ0n) is 19.4. The van der Waals surface area contributed by atoms with Gasteiger partial charge in [0.2, 0.25) is 0 Å². The smallest absolute Gasteiger partial charge is 0.338 e. The molecule has 0 saturated carbocycles. The Morgan fingerprint density at radius 1 is 1.13 bits per heavy atom. The van der Waals surface area contributed by atoms with Crippen molar-refractivity contribution in [1.29, 1.82) is 0 Å². The van der Waals surface area contributed by atoms with Crippen LogP contribution < -0.4 is 10.1 Å². The summed E-state index contributed by atoms with van der Waals surface area (Å²) in [7, 11) is 3.11. The molecule has 1 fully saturated rings. The normalized spacial score (nSPS) is 20.3. The van der Waals surface area contributed by atoms with Gasteiger partial charge in [0.05, 0.1) is 25.4 Å². The molecule has 0 bridgehead atoms. The molecule has 0 amide bonds. The third kappa shape index (κ3) is 5.66. The third-order valence-electron chi connectivity index (χ3n) is 6.35. The summed E-state index contributed by atoms with van der Waals surface area (Å²) in [5.41, 5.74) is 4.01. The average Bonchev–Trinajstić information content (AvgIpc) is 2.75. The first-order valence-electron chi connectivity index (χ1n) is 11.0. The Bertz CT molecular complexity index is 891. The van der Waals surface area contributed by atoms with Gasteiger partial charge in [0.1, 0.15) is 5.75 Å². The van der Waals surface area contributed by atoms with Crippen molar-refractivity contribution in [3.8, 4) is 5.75 Å². The predicted molar refractivity (Wildman–Crippen MR) is 123 cm³/mol. The Labute approximate surface area is 186 Å². The molecule has 1 aliphatic heterocycles. The minimum atomic E-state index is -0.291. The Kier molecular flexibility index (Phi) is 7.39. The standard InChI is InChI=1S/C26H35NO4/c1-19-16-20(6-11-23(19)24(28)30-5)17-27-14-12-26(13-15-31-25(2,3)18-26)21-7-9-22(29-4)10-8-21/h6-11,16,27H,12-15,17-18H2,1-5H3. The van der Waals surface area contributed by atoms with Gasteiger partial charge in [0.15, 0.2) is 0 Å². The number of nitrogens with one attached hydrogen (secondary N) is 1. The topological polar surface area (TPSA) is 56.8 Å². The van der Waals surface area contributed by atoms with Crippen molar-refractivity contribution >= 4 is 5.97 Å². The van der Waals surface area contributed by atoms with Crippen molar-refractivity contribution in [2.45, 2.75) is 57.6 Å². The number of carbonyl (C=O) groups excluding carboxylic acids is 1. The van der Waals surface area contributed by atoms with Gasteiger partial charge in [-0.15, -0.1) is 0 Å². The van der Waals surface area contributed by atoms with Gasteiger partial charge < -0.3 is 19.5 Å². The van der Waals surface area contributed by atoms with Crippen LogP contribution in [0.2, 0.25) is 0 Å². The van der Waals surface area contributed by atoms with Gasteiger partial charge in [-0.05, 0) is 81.5 Å². The molecule has 5 heteroatoms. The van der Waals surface area contributed by atoms with Crippen molar-refractivity contribution in [2.75, 3.05) is 27.4 Å². The molecule has 1 aliphatic rings. The minimum Gasteiger partial charge on any atom is -0.497 e. The molecule has 1 N–H and O–H groups in total. The molecule has 1 unspecified atom stereocenters. The quantitative estimate of drug-likeness (QED) is 0.486. The largest absolute Gasteiger partial charge is 0.497 e. The number of hydrogen-bond donors (Lipinski definition) is 1. The fraction of sp³-hybridized carbons (Fsp3) is 0.500. The monoisotopic (exact) mass is 425 g/mol. The molecule has 1 atom stereocenters. The molecule has 0 spiro atoms. The van der Waals surface area contributed by atoms with Gasteiger partial charge in [0, 0.05) is 18.6 Å². The Morgan fingerprint density at radius 2 is 1.87 bits per heavy atom. The predicted octanol–water partition coefficient (Wildman–Crippen LogP) is 4.80. The lowest BCUT2D eigenvalue weighted by molar-refractivity contribution is -0.0840. The van der Waals surface area contributed by atoms with Crippen LogP contribution in [0.5, 0.6) is 5.75 Å². The van der Waals surface area contributed by atoms with E-state index < -0.39 is 0 Å². The van der Waals surface area contributed by atoms with Gasteiger partial charge in [-0.25, -0.2) is 4.79 Å². The highest BCUT2D eigenvalue weighted by Gasteiger charge is 2.41. The van der Waals surface area contributed by atoms with E-state index in [0.717, 1.165) is 55.8 Å². The van der Waals surface area contributed by atoms with Gasteiger partial charge in [-0.1, -0.05) is 24.3 Å². The zero-order valence-corrected chi connectivity index (χ0v) is 19.4. The first-order valence-corrected chi connectivity index (χ1v) is 11.0. The highest BCUT2D eigenvalue weighted by molar-refractivity contribution is 5.90. The van der Waals surface area contributed by atoms with Crippen molar-refractivity contribution < 1.29 is 19.0 Å². The molecule has 0 aromatic heterocycles. The van der Waals surface area contributed by atoms with Crippen LogP contribution in [-0.2, 0) is 21.4 Å². The number of hydrogen-bond acceptors (Lipinski definition) is 5.